The molecule has 0 aromatic heterocycles. The summed E-state index contributed by atoms with van der Waals surface area (Å²) in [7, 11) is 3.50. The Bertz CT molecular complexity index is 120. The van der Waals surface area contributed by atoms with E-state index < -0.39 is 0 Å². The second-order valence-electron chi connectivity index (χ2n) is 2.73. The summed E-state index contributed by atoms with van der Waals surface area (Å²) < 4.78 is 0. The summed E-state index contributed by atoms with van der Waals surface area (Å²) in [5, 5.41) is 11.7. The Morgan fingerprint density at radius 2 is 1.79 bits per heavy atom. The second kappa shape index (κ2) is 15.3. The van der Waals surface area contributed by atoms with Crippen molar-refractivity contribution < 1.29 is 19.5 Å². The Morgan fingerprint density at radius 1 is 1.36 bits per heavy atom. The van der Waals surface area contributed by atoms with Crippen LogP contribution in [0.15, 0.2) is 0 Å². The van der Waals surface area contributed by atoms with E-state index in [1.807, 2.05) is 0 Å². The maximum atomic E-state index is 6.91. The molecule has 0 aromatic rings. The van der Waals surface area contributed by atoms with Gasteiger partial charge in [-0.1, -0.05) is 19.8 Å². The minimum absolute atomic E-state index is 0. The predicted octanol–water partition coefficient (Wildman–Crippen LogP) is 0.863. The first-order chi connectivity index (χ1) is 6.09. The Kier molecular flexibility index (Phi) is 21.2. The molecule has 5 N–H and O–H groups in total. The molecule has 0 amide bonds. The third-order valence-electron chi connectivity index (χ3n) is 1.31. The SMILES string of the molecule is CCCCCN(N)C(=N)N.C[N-]C.[Ru+]. The van der Waals surface area contributed by atoms with Crippen LogP contribution in [0.3, 0.4) is 0 Å². The van der Waals surface area contributed by atoms with Crippen molar-refractivity contribution in [1.82, 2.24) is 5.01 Å². The second-order valence-corrected chi connectivity index (χ2v) is 2.73. The van der Waals surface area contributed by atoms with Gasteiger partial charge in [0.25, 0.3) is 0 Å². The number of nitrogens with one attached hydrogen (secondary N) is 1. The number of rotatable bonds is 4. The van der Waals surface area contributed by atoms with Gasteiger partial charge in [-0.3, -0.25) is 10.4 Å². The molecule has 87 valence electrons. The van der Waals surface area contributed by atoms with Crippen molar-refractivity contribution in [1.29, 1.82) is 5.41 Å². The van der Waals surface area contributed by atoms with Crippen LogP contribution < -0.4 is 11.6 Å². The van der Waals surface area contributed by atoms with E-state index in [-0.39, 0.29) is 25.4 Å². The van der Waals surface area contributed by atoms with Crippen LogP contribution in [-0.2, 0) is 19.5 Å². The van der Waals surface area contributed by atoms with Gasteiger partial charge >= 0.3 is 19.5 Å². The average Bonchev–Trinajstić information content (AvgIpc) is 2.06. The number of hydrogen-bond acceptors (Lipinski definition) is 2. The molecule has 14 heavy (non-hydrogen) atoms. The van der Waals surface area contributed by atoms with E-state index >= 15 is 0 Å². The zero-order valence-electron chi connectivity index (χ0n) is 9.23. The molecule has 0 aliphatic heterocycles. The van der Waals surface area contributed by atoms with E-state index in [2.05, 4.69) is 12.2 Å². The largest absolute Gasteiger partial charge is 1.00 e. The van der Waals surface area contributed by atoms with Gasteiger partial charge in [0.15, 0.2) is 0 Å². The van der Waals surface area contributed by atoms with E-state index in [9.17, 15) is 0 Å². The molecule has 0 aliphatic carbocycles. The molecule has 5 nitrogen and oxygen atoms in total. The third-order valence-corrected chi connectivity index (χ3v) is 1.31. The van der Waals surface area contributed by atoms with E-state index in [0.717, 1.165) is 19.3 Å². The van der Waals surface area contributed by atoms with Crippen molar-refractivity contribution in [3.05, 3.63) is 5.32 Å². The topological polar surface area (TPSA) is 93.2 Å². The van der Waals surface area contributed by atoms with Crippen LogP contribution in [0, 0.1) is 5.41 Å². The van der Waals surface area contributed by atoms with Crippen LogP contribution in [0.25, 0.3) is 5.32 Å². The van der Waals surface area contributed by atoms with Gasteiger partial charge in [0.05, 0.1) is 0 Å². The third kappa shape index (κ3) is 17.8. The molecule has 1 radical (unpaired) electrons. The fourth-order valence-corrected chi connectivity index (χ4v) is 0.653. The molecule has 0 unspecified atom stereocenters. The molecule has 0 bridgehead atoms. The first kappa shape index (κ1) is 19.4. The van der Waals surface area contributed by atoms with Crippen molar-refractivity contribution in [2.24, 2.45) is 11.6 Å². The summed E-state index contributed by atoms with van der Waals surface area (Å²) in [4.78, 5) is 0. The van der Waals surface area contributed by atoms with Crippen LogP contribution in [0.5, 0.6) is 0 Å². The van der Waals surface area contributed by atoms with Gasteiger partial charge in [0, 0.05) is 6.54 Å². The van der Waals surface area contributed by atoms with Gasteiger partial charge in [0.2, 0.25) is 5.96 Å². The smallest absolute Gasteiger partial charge is 0.668 e. The van der Waals surface area contributed by atoms with Crippen LogP contribution >= 0.6 is 0 Å². The molecule has 0 saturated heterocycles. The van der Waals surface area contributed by atoms with E-state index in [0.29, 0.717) is 6.54 Å². The predicted molar refractivity (Wildman–Crippen MR) is 57.5 cm³/mol. The van der Waals surface area contributed by atoms with Crippen LogP contribution in [0.1, 0.15) is 26.2 Å². The summed E-state index contributed by atoms with van der Waals surface area (Å²) in [6.07, 6.45) is 3.30. The Balaban J connectivity index is -0.000000267. The number of hydrogen-bond donors (Lipinski definition) is 3. The van der Waals surface area contributed by atoms with E-state index in [1.165, 1.54) is 5.01 Å². The molecule has 0 fully saturated rings. The number of unbranched alkanes of at least 4 members (excludes halogenated alkanes) is 2. The maximum Gasteiger partial charge on any atom is 1.00 e. The first-order valence-electron chi connectivity index (χ1n) is 4.44. The van der Waals surface area contributed by atoms with E-state index in [4.69, 9.17) is 17.0 Å². The maximum absolute atomic E-state index is 6.91. The van der Waals surface area contributed by atoms with Crippen molar-refractivity contribution >= 4 is 5.96 Å². The quantitative estimate of drug-likeness (QED) is 0.179. The Labute approximate surface area is 99.8 Å². The number of nitrogens with zero attached hydrogens (tertiary/aromatic N) is 2. The summed E-state index contributed by atoms with van der Waals surface area (Å²) in [5.41, 5.74) is 5.10. The molecular weight excluding hydrogens is 267 g/mol. The zero-order chi connectivity index (χ0) is 10.7. The first-order valence-corrected chi connectivity index (χ1v) is 4.44. The molecule has 0 rings (SSSR count). The fraction of sp³-hybridized carbons (Fsp3) is 0.875. The van der Waals surface area contributed by atoms with Crippen LogP contribution in [-0.4, -0.2) is 31.6 Å². The molecule has 0 spiro atoms. The van der Waals surface area contributed by atoms with Crippen LogP contribution in [0.4, 0.5) is 0 Å². The van der Waals surface area contributed by atoms with Crippen LogP contribution in [0.2, 0.25) is 0 Å². The standard InChI is InChI=1S/C6H16N4.C2H6N.Ru/c1-2-3-4-5-10(9)6(7)8;1-3-2;/h2-5,9H2,1H3,(H3,7,8);1-2H3;/q;-1;+1. The zero-order valence-corrected chi connectivity index (χ0v) is 11.0. The van der Waals surface area contributed by atoms with Crippen molar-refractivity contribution in [3.8, 4) is 0 Å². The molecule has 0 heterocycles. The molecule has 0 aliphatic rings. The van der Waals surface area contributed by atoms with E-state index in [1.54, 1.807) is 14.1 Å². The minimum Gasteiger partial charge on any atom is -0.668 e. The molecular formula is C8H22N5Ru. The minimum atomic E-state index is -0.0592. The molecule has 0 saturated carbocycles. The van der Waals surface area contributed by atoms with Gasteiger partial charge in [-0.05, 0) is 6.42 Å². The number of hydrazine groups is 1. The fourth-order valence-electron chi connectivity index (χ4n) is 0.653. The molecule has 0 atom stereocenters. The van der Waals surface area contributed by atoms with Gasteiger partial charge in [-0.2, -0.15) is 14.1 Å². The average molecular weight is 289 g/mol. The van der Waals surface area contributed by atoms with Crippen molar-refractivity contribution in [3.63, 3.8) is 0 Å². The summed E-state index contributed by atoms with van der Waals surface area (Å²) in [5.74, 6) is 5.28. The molecule has 6 heteroatoms. The normalized spacial score (nSPS) is 8.00. The van der Waals surface area contributed by atoms with Crippen molar-refractivity contribution in [2.75, 3.05) is 20.6 Å². The number of guanidine groups is 1. The van der Waals surface area contributed by atoms with Gasteiger partial charge < -0.3 is 11.1 Å². The van der Waals surface area contributed by atoms with Gasteiger partial charge in [0.1, 0.15) is 0 Å². The monoisotopic (exact) mass is 290 g/mol. The molecule has 0 aromatic carbocycles. The van der Waals surface area contributed by atoms with Crippen molar-refractivity contribution in [2.45, 2.75) is 26.2 Å². The Hall–Kier alpha value is -0.187. The summed E-state index contributed by atoms with van der Waals surface area (Å²) in [6, 6.07) is 0. The Morgan fingerprint density at radius 3 is 2.07 bits per heavy atom. The number of nitrogens with two attached hydrogens (primary N) is 2. The van der Waals surface area contributed by atoms with Gasteiger partial charge in [-0.25, -0.2) is 5.84 Å². The van der Waals surface area contributed by atoms with Gasteiger partial charge in [-0.15, -0.1) is 0 Å². The summed E-state index contributed by atoms with van der Waals surface area (Å²) >= 11 is 0. The summed E-state index contributed by atoms with van der Waals surface area (Å²) in [6.45, 7) is 2.80.